The van der Waals surface area contributed by atoms with Gasteiger partial charge in [0.2, 0.25) is 0 Å². The van der Waals surface area contributed by atoms with Gasteiger partial charge >= 0.3 is 0 Å². The molecule has 3 rings (SSSR count). The molecule has 0 aliphatic carbocycles. The number of carbonyl (C=O) groups is 1. The zero-order chi connectivity index (χ0) is 17.3. The normalized spacial score (nSPS) is 16.6. The molecular weight excluding hydrogens is 322 g/mol. The van der Waals surface area contributed by atoms with E-state index in [1.54, 1.807) is 17.7 Å². The summed E-state index contributed by atoms with van der Waals surface area (Å²) in [6.07, 6.45) is 3.65. The first-order chi connectivity index (χ1) is 11.4. The molecule has 7 heteroatoms. The fraction of sp³-hybridized carbons (Fsp3) is 0.647. The Morgan fingerprint density at radius 2 is 2.04 bits per heavy atom. The second-order valence-electron chi connectivity index (χ2n) is 7.33. The highest BCUT2D eigenvalue weighted by molar-refractivity contribution is 7.10. The van der Waals surface area contributed by atoms with Crippen molar-refractivity contribution in [2.75, 3.05) is 13.1 Å². The van der Waals surface area contributed by atoms with Gasteiger partial charge in [0.05, 0.1) is 5.01 Å². The summed E-state index contributed by atoms with van der Waals surface area (Å²) in [5, 5.41) is 11.2. The number of hydrogen-bond donors (Lipinski definition) is 0. The number of thiazole rings is 1. The van der Waals surface area contributed by atoms with Crippen molar-refractivity contribution in [1.82, 2.24) is 24.6 Å². The average Bonchev–Trinajstić information content (AvgIpc) is 3.23. The lowest BCUT2D eigenvalue weighted by Gasteiger charge is -2.31. The van der Waals surface area contributed by atoms with Crippen LogP contribution in [0.2, 0.25) is 0 Å². The molecule has 1 aliphatic heterocycles. The van der Waals surface area contributed by atoms with Crippen molar-refractivity contribution in [3.8, 4) is 0 Å². The standard InChI is InChI=1S/C17H25N5OS/c1-5-21-11-18-20-14(21)12-6-8-22(9-7-12)15(23)13-10-24-16(19-13)17(2,3)4/h10-12H,5-9H2,1-4H3. The molecule has 0 radical (unpaired) electrons. The van der Waals surface area contributed by atoms with Crippen molar-refractivity contribution >= 4 is 17.2 Å². The van der Waals surface area contributed by atoms with Crippen LogP contribution in [0.15, 0.2) is 11.7 Å². The Labute approximate surface area is 146 Å². The molecule has 2 aromatic rings. The van der Waals surface area contributed by atoms with Crippen LogP contribution < -0.4 is 0 Å². The molecule has 0 saturated carbocycles. The molecule has 1 amide bonds. The molecule has 0 unspecified atom stereocenters. The molecule has 3 heterocycles. The van der Waals surface area contributed by atoms with Crippen LogP contribution >= 0.6 is 11.3 Å². The van der Waals surface area contributed by atoms with Crippen molar-refractivity contribution in [1.29, 1.82) is 0 Å². The lowest BCUT2D eigenvalue weighted by atomic mass is 9.95. The zero-order valence-corrected chi connectivity index (χ0v) is 15.6. The molecule has 0 aromatic carbocycles. The fourth-order valence-corrected chi connectivity index (χ4v) is 3.92. The van der Waals surface area contributed by atoms with Crippen LogP contribution in [0.3, 0.4) is 0 Å². The summed E-state index contributed by atoms with van der Waals surface area (Å²) in [6.45, 7) is 10.8. The summed E-state index contributed by atoms with van der Waals surface area (Å²) in [7, 11) is 0. The zero-order valence-electron chi connectivity index (χ0n) is 14.8. The summed E-state index contributed by atoms with van der Waals surface area (Å²) in [6, 6.07) is 0. The van der Waals surface area contributed by atoms with E-state index in [9.17, 15) is 4.79 Å². The number of hydrogen-bond acceptors (Lipinski definition) is 5. The predicted octanol–water partition coefficient (Wildman–Crippen LogP) is 3.07. The molecule has 1 fully saturated rings. The minimum absolute atomic E-state index is 0.0135. The van der Waals surface area contributed by atoms with Crippen molar-refractivity contribution in [2.45, 2.75) is 58.4 Å². The fourth-order valence-electron chi connectivity index (χ4n) is 3.04. The van der Waals surface area contributed by atoms with Gasteiger partial charge in [0.25, 0.3) is 5.91 Å². The minimum atomic E-state index is -0.0135. The number of rotatable bonds is 3. The van der Waals surface area contributed by atoms with Crippen LogP contribution in [-0.4, -0.2) is 43.6 Å². The van der Waals surface area contributed by atoms with Crippen LogP contribution in [-0.2, 0) is 12.0 Å². The van der Waals surface area contributed by atoms with Crippen molar-refractivity contribution in [3.63, 3.8) is 0 Å². The second-order valence-corrected chi connectivity index (χ2v) is 8.19. The van der Waals surface area contributed by atoms with Gasteiger partial charge in [-0.3, -0.25) is 4.79 Å². The highest BCUT2D eigenvalue weighted by atomic mass is 32.1. The third-order valence-electron chi connectivity index (χ3n) is 4.50. The number of aromatic nitrogens is 4. The number of nitrogens with zero attached hydrogens (tertiary/aromatic N) is 5. The van der Waals surface area contributed by atoms with E-state index in [0.29, 0.717) is 11.6 Å². The quantitative estimate of drug-likeness (QED) is 0.856. The van der Waals surface area contributed by atoms with Gasteiger partial charge in [-0.1, -0.05) is 20.8 Å². The number of aryl methyl sites for hydroxylation is 1. The Morgan fingerprint density at radius 3 is 2.62 bits per heavy atom. The van der Waals surface area contributed by atoms with E-state index in [-0.39, 0.29) is 11.3 Å². The Morgan fingerprint density at radius 1 is 1.33 bits per heavy atom. The van der Waals surface area contributed by atoms with Crippen LogP contribution in [0.4, 0.5) is 0 Å². The van der Waals surface area contributed by atoms with E-state index >= 15 is 0 Å². The SMILES string of the molecule is CCn1cnnc1C1CCN(C(=O)c2csc(C(C)(C)C)n2)CC1. The Hall–Kier alpha value is -1.76. The highest BCUT2D eigenvalue weighted by Crippen LogP contribution is 2.29. The van der Waals surface area contributed by atoms with Crippen LogP contribution in [0, 0.1) is 0 Å². The monoisotopic (exact) mass is 347 g/mol. The first-order valence-corrected chi connectivity index (χ1v) is 9.41. The third kappa shape index (κ3) is 3.36. The molecule has 0 bridgehead atoms. The van der Waals surface area contributed by atoms with Gasteiger partial charge < -0.3 is 9.47 Å². The maximum atomic E-state index is 12.7. The highest BCUT2D eigenvalue weighted by Gasteiger charge is 2.29. The summed E-state index contributed by atoms with van der Waals surface area (Å²) < 4.78 is 2.10. The molecule has 6 nitrogen and oxygen atoms in total. The molecule has 130 valence electrons. The Bertz CT molecular complexity index is 707. The Balaban J connectivity index is 1.64. The maximum absolute atomic E-state index is 12.7. The topological polar surface area (TPSA) is 63.9 Å². The second kappa shape index (κ2) is 6.63. The number of likely N-dealkylation sites (tertiary alicyclic amines) is 1. The van der Waals surface area contributed by atoms with Gasteiger partial charge in [-0.25, -0.2) is 4.98 Å². The summed E-state index contributed by atoms with van der Waals surface area (Å²) in [4.78, 5) is 19.2. The molecule has 0 spiro atoms. The summed E-state index contributed by atoms with van der Waals surface area (Å²) in [5.74, 6) is 1.49. The lowest BCUT2D eigenvalue weighted by Crippen LogP contribution is -2.38. The first-order valence-electron chi connectivity index (χ1n) is 8.53. The van der Waals surface area contributed by atoms with Crippen molar-refractivity contribution in [2.24, 2.45) is 0 Å². The minimum Gasteiger partial charge on any atom is -0.337 e. The number of carbonyl (C=O) groups excluding carboxylic acids is 1. The van der Waals surface area contributed by atoms with Crippen LogP contribution in [0.1, 0.15) is 67.8 Å². The Kier molecular flexibility index (Phi) is 4.71. The maximum Gasteiger partial charge on any atom is 0.273 e. The van der Waals surface area contributed by atoms with E-state index in [1.807, 2.05) is 10.3 Å². The summed E-state index contributed by atoms with van der Waals surface area (Å²) >= 11 is 1.57. The van der Waals surface area contributed by atoms with Gasteiger partial charge in [-0.05, 0) is 19.8 Å². The van der Waals surface area contributed by atoms with E-state index in [0.717, 1.165) is 43.3 Å². The molecular formula is C17H25N5OS. The smallest absolute Gasteiger partial charge is 0.273 e. The molecule has 1 saturated heterocycles. The average molecular weight is 347 g/mol. The predicted molar refractivity (Wildman–Crippen MR) is 94.4 cm³/mol. The van der Waals surface area contributed by atoms with Crippen molar-refractivity contribution in [3.05, 3.63) is 28.2 Å². The molecule has 2 aromatic heterocycles. The van der Waals surface area contributed by atoms with Gasteiger partial charge in [-0.15, -0.1) is 21.5 Å². The van der Waals surface area contributed by atoms with Gasteiger partial charge in [0, 0.05) is 36.3 Å². The molecule has 1 aliphatic rings. The molecule has 0 atom stereocenters. The van der Waals surface area contributed by atoms with E-state index < -0.39 is 0 Å². The van der Waals surface area contributed by atoms with E-state index in [4.69, 9.17) is 0 Å². The first kappa shape index (κ1) is 17.1. The molecule has 24 heavy (non-hydrogen) atoms. The third-order valence-corrected chi connectivity index (χ3v) is 5.77. The van der Waals surface area contributed by atoms with E-state index in [1.165, 1.54) is 0 Å². The van der Waals surface area contributed by atoms with Crippen molar-refractivity contribution < 1.29 is 4.79 Å². The van der Waals surface area contributed by atoms with Gasteiger partial charge in [-0.2, -0.15) is 0 Å². The summed E-state index contributed by atoms with van der Waals surface area (Å²) in [5.41, 5.74) is 0.570. The van der Waals surface area contributed by atoms with Gasteiger partial charge in [0.15, 0.2) is 0 Å². The van der Waals surface area contributed by atoms with Crippen LogP contribution in [0.5, 0.6) is 0 Å². The molecule has 0 N–H and O–H groups in total. The van der Waals surface area contributed by atoms with Gasteiger partial charge in [0.1, 0.15) is 17.8 Å². The van der Waals surface area contributed by atoms with E-state index in [2.05, 4.69) is 47.4 Å². The largest absolute Gasteiger partial charge is 0.337 e. The number of amides is 1. The number of piperidine rings is 1. The lowest BCUT2D eigenvalue weighted by molar-refractivity contribution is 0.0705. The van der Waals surface area contributed by atoms with Crippen LogP contribution in [0.25, 0.3) is 0 Å².